The number of aliphatic hydroxyl groups is 4. The zero-order valence-corrected chi connectivity index (χ0v) is 41.5. The smallest absolute Gasteiger partial charge is 0.407 e. The second kappa shape index (κ2) is 35.2. The number of carboxylic acid groups (broad SMARTS) is 2. The topological polar surface area (TPSA) is 425 Å². The van der Waals surface area contributed by atoms with Crippen molar-refractivity contribution in [1.29, 1.82) is 0 Å². The molecule has 0 aromatic rings. The van der Waals surface area contributed by atoms with Crippen LogP contribution in [0.4, 0.5) is 4.79 Å². The standard InChI is InChI=1S/C46H76N8O19/c1-4-16-66-18-20-68-22-23-69-21-19-67-17-12-36(58)54(14-9-5-7-11-37(59)73-41(32(56)26-55)40-29(3)31(53-45(49)50)25-35(72-40)43(63)64)15-10-6-8-13-51-46(65)70-27-33(57)38(60)39-28(2)30(52-44(47)48)24-34(71-39)42(61)62/h1,24-25,28-33,38-41,55-57,60H,5-23,26-27H2,2-3H3,(H,51,65)(H,61,62)(H,63,64)(H4,47,48,52)(H4,49,50,53)/t28-,29-,30+,31+,32-,33-,38-,39-,40-,41?/m1/s1. The highest BCUT2D eigenvalue weighted by Gasteiger charge is 2.44. The minimum atomic E-state index is -1.68. The monoisotopic (exact) mass is 1040 g/mol. The SMILES string of the molecule is C#CCOCCOCCOCCOCCC(=O)N(CCCCCNC(=O)OC[C@@H](O)[C@@H](O)[C@@H]1OC(C(=O)O)=C[C@H](N=C(N)N)[C@H]1C)CCCCCC(=O)OC([C@H](O)CO)[C@@H]1OC(C(=O)O)=C[C@H](N=C(N)N)[C@H]1C. The molecule has 2 aliphatic heterocycles. The van der Waals surface area contributed by atoms with Gasteiger partial charge in [-0.3, -0.25) is 9.59 Å². The van der Waals surface area contributed by atoms with E-state index in [4.69, 9.17) is 67.3 Å². The number of hydrogen-bond acceptors (Lipinski definition) is 19. The van der Waals surface area contributed by atoms with Gasteiger partial charge in [-0.05, 0) is 44.3 Å². The maximum absolute atomic E-state index is 13.4. The summed E-state index contributed by atoms with van der Waals surface area (Å²) in [5.74, 6) is -4.48. The fourth-order valence-electron chi connectivity index (χ4n) is 7.46. The van der Waals surface area contributed by atoms with Gasteiger partial charge in [0.1, 0.15) is 43.7 Å². The predicted molar refractivity (Wildman–Crippen MR) is 259 cm³/mol. The number of carbonyl (C=O) groups is 5. The van der Waals surface area contributed by atoms with Gasteiger partial charge in [0.15, 0.2) is 18.0 Å². The summed E-state index contributed by atoms with van der Waals surface area (Å²) in [5, 5.41) is 63.4. The Hall–Kier alpha value is -5.99. The second-order valence-corrected chi connectivity index (χ2v) is 17.0. The minimum absolute atomic E-state index is 0.0835. The summed E-state index contributed by atoms with van der Waals surface area (Å²) >= 11 is 0. The highest BCUT2D eigenvalue weighted by atomic mass is 16.6. The molecule has 2 amide bonds. The Bertz CT molecular complexity index is 1870. The van der Waals surface area contributed by atoms with Crippen LogP contribution in [0.25, 0.3) is 0 Å². The summed E-state index contributed by atoms with van der Waals surface area (Å²) in [6, 6.07) is -1.77. The lowest BCUT2D eigenvalue weighted by Crippen LogP contribution is -2.51. The number of aliphatic imine (C=N–C) groups is 2. The first-order chi connectivity index (χ1) is 34.8. The molecule has 0 radical (unpaired) electrons. The van der Waals surface area contributed by atoms with E-state index in [1.165, 1.54) is 12.2 Å². The Labute approximate surface area is 424 Å². The quantitative estimate of drug-likeness (QED) is 0.0102. The molecule has 0 aliphatic carbocycles. The zero-order valence-electron chi connectivity index (χ0n) is 41.5. The van der Waals surface area contributed by atoms with Crippen molar-refractivity contribution >= 4 is 41.8 Å². The number of carboxylic acids is 2. The number of aliphatic carboxylic acids is 2. The number of nitrogens with zero attached hydrogens (tertiary/aromatic N) is 3. The van der Waals surface area contributed by atoms with Gasteiger partial charge in [-0.1, -0.05) is 26.2 Å². The molecule has 73 heavy (non-hydrogen) atoms. The molecule has 0 fully saturated rings. The largest absolute Gasteiger partial charge is 0.480 e. The number of unbranched alkanes of at least 4 members (excludes halogenated alkanes) is 4. The molecule has 0 saturated carbocycles. The number of amides is 2. The van der Waals surface area contributed by atoms with E-state index in [1.54, 1.807) is 18.7 Å². The number of nitrogens with one attached hydrogen (secondary N) is 1. The number of esters is 1. The number of ether oxygens (including phenoxy) is 8. The molecule has 0 spiro atoms. The Morgan fingerprint density at radius 1 is 0.726 bits per heavy atom. The van der Waals surface area contributed by atoms with Gasteiger partial charge in [-0.15, -0.1) is 6.42 Å². The van der Waals surface area contributed by atoms with Crippen LogP contribution in [0.15, 0.2) is 33.7 Å². The van der Waals surface area contributed by atoms with Gasteiger partial charge in [-0.2, -0.15) is 0 Å². The fraction of sp³-hybridized carbons (Fsp3) is 0.717. The summed E-state index contributed by atoms with van der Waals surface area (Å²) in [7, 11) is 0. The molecule has 27 heteroatoms. The van der Waals surface area contributed by atoms with Crippen molar-refractivity contribution in [1.82, 2.24) is 10.2 Å². The van der Waals surface area contributed by atoms with E-state index in [1.807, 2.05) is 0 Å². The van der Waals surface area contributed by atoms with Gasteiger partial charge in [0.2, 0.25) is 17.4 Å². The van der Waals surface area contributed by atoms with Crippen molar-refractivity contribution in [3.63, 3.8) is 0 Å². The first kappa shape index (κ1) is 63.1. The Morgan fingerprint density at radius 2 is 1.23 bits per heavy atom. The second-order valence-electron chi connectivity index (χ2n) is 17.0. The van der Waals surface area contributed by atoms with Crippen LogP contribution in [0, 0.1) is 24.2 Å². The first-order valence-corrected chi connectivity index (χ1v) is 24.0. The number of guanidine groups is 2. The van der Waals surface area contributed by atoms with Crippen LogP contribution < -0.4 is 28.3 Å². The summed E-state index contributed by atoms with van der Waals surface area (Å²) < 4.78 is 43.2. The van der Waals surface area contributed by atoms with E-state index in [-0.39, 0.29) is 63.6 Å². The van der Waals surface area contributed by atoms with Crippen LogP contribution in [0.1, 0.15) is 65.2 Å². The molecule has 0 bridgehead atoms. The van der Waals surface area contributed by atoms with Crippen molar-refractivity contribution in [2.45, 2.75) is 114 Å². The lowest BCUT2D eigenvalue weighted by atomic mass is 9.87. The molecule has 0 aromatic carbocycles. The summed E-state index contributed by atoms with van der Waals surface area (Å²) in [6.07, 6.45) is 0.585. The van der Waals surface area contributed by atoms with Crippen molar-refractivity contribution in [3.8, 4) is 12.3 Å². The number of rotatable bonds is 37. The van der Waals surface area contributed by atoms with Gasteiger partial charge < -0.3 is 102 Å². The Morgan fingerprint density at radius 3 is 1.75 bits per heavy atom. The van der Waals surface area contributed by atoms with E-state index in [0.29, 0.717) is 78.0 Å². The summed E-state index contributed by atoms with van der Waals surface area (Å²) in [5.41, 5.74) is 22.0. The van der Waals surface area contributed by atoms with Crippen LogP contribution in [-0.2, 0) is 57.1 Å². The Balaban J connectivity index is 1.89. The Kier molecular flexibility index (Phi) is 30.4. The summed E-state index contributed by atoms with van der Waals surface area (Å²) in [4.78, 5) is 71.9. The van der Waals surface area contributed by atoms with E-state index in [2.05, 4.69) is 21.2 Å². The number of terminal acetylenes is 1. The molecule has 15 N–H and O–H groups in total. The predicted octanol–water partition coefficient (Wildman–Crippen LogP) is -2.36. The van der Waals surface area contributed by atoms with Crippen molar-refractivity contribution in [2.75, 3.05) is 85.7 Å². The molecule has 414 valence electrons. The maximum Gasteiger partial charge on any atom is 0.407 e. The van der Waals surface area contributed by atoms with E-state index >= 15 is 0 Å². The lowest BCUT2D eigenvalue weighted by Gasteiger charge is -2.38. The molecule has 27 nitrogen and oxygen atoms in total. The van der Waals surface area contributed by atoms with E-state index in [0.717, 1.165) is 0 Å². The molecular weight excluding hydrogens is 969 g/mol. The lowest BCUT2D eigenvalue weighted by molar-refractivity contribution is -0.176. The highest BCUT2D eigenvalue weighted by molar-refractivity contribution is 5.85. The zero-order chi connectivity index (χ0) is 54.3. The van der Waals surface area contributed by atoms with Gasteiger partial charge in [0.05, 0.1) is 71.4 Å². The van der Waals surface area contributed by atoms with Gasteiger partial charge in [-0.25, -0.2) is 24.4 Å². The van der Waals surface area contributed by atoms with Crippen LogP contribution in [0.3, 0.4) is 0 Å². The number of nitrogens with two attached hydrogens (primary N) is 4. The fourth-order valence-corrected chi connectivity index (χ4v) is 7.46. The maximum atomic E-state index is 13.4. The van der Waals surface area contributed by atoms with Crippen molar-refractivity contribution < 1.29 is 92.5 Å². The third kappa shape index (κ3) is 24.5. The third-order valence-electron chi connectivity index (χ3n) is 11.4. The summed E-state index contributed by atoms with van der Waals surface area (Å²) in [6.45, 7) is 4.95. The first-order valence-electron chi connectivity index (χ1n) is 24.0. The van der Waals surface area contributed by atoms with Crippen molar-refractivity contribution in [3.05, 3.63) is 23.7 Å². The average Bonchev–Trinajstić information content (AvgIpc) is 3.34. The number of alkyl carbamates (subject to hydrolysis) is 1. The molecule has 10 atom stereocenters. The number of hydrogen-bond donors (Lipinski definition) is 11. The third-order valence-corrected chi connectivity index (χ3v) is 11.4. The minimum Gasteiger partial charge on any atom is -0.480 e. The molecule has 1 unspecified atom stereocenters. The van der Waals surface area contributed by atoms with E-state index < -0.39 is 109 Å². The normalized spacial score (nSPS) is 20.9. The number of aliphatic hydroxyl groups excluding tert-OH is 4. The molecule has 2 rings (SSSR count). The van der Waals surface area contributed by atoms with Crippen molar-refractivity contribution in [2.24, 2.45) is 44.8 Å². The molecule has 0 aromatic heterocycles. The van der Waals surface area contributed by atoms with Gasteiger partial charge in [0, 0.05) is 37.9 Å². The average molecular weight is 1050 g/mol. The van der Waals surface area contributed by atoms with Crippen LogP contribution in [0.2, 0.25) is 0 Å². The number of carbonyl (C=O) groups excluding carboxylic acids is 3. The molecule has 0 saturated heterocycles. The van der Waals surface area contributed by atoms with E-state index in [9.17, 15) is 54.6 Å². The van der Waals surface area contributed by atoms with Gasteiger partial charge in [0.25, 0.3) is 0 Å². The van der Waals surface area contributed by atoms with Gasteiger partial charge >= 0.3 is 24.0 Å². The highest BCUT2D eigenvalue weighted by Crippen LogP contribution is 2.31. The van der Waals surface area contributed by atoms with Crippen LogP contribution in [0.5, 0.6) is 0 Å². The molecule has 2 heterocycles. The molecular formula is C46H76N8O19. The van der Waals surface area contributed by atoms with Crippen LogP contribution >= 0.6 is 0 Å². The molecule has 2 aliphatic rings. The van der Waals surface area contributed by atoms with Crippen LogP contribution in [-0.4, -0.2) is 212 Å².